The first-order chi connectivity index (χ1) is 17.2. The SMILES string of the molecule is CC(C)C[C@H](CC(=O)OC(C)(C)C)N1Cc2ccc3ccccc3c2-c2c(ccc3ccccc23)C1. The fourth-order valence-electron chi connectivity index (χ4n) is 5.72. The molecule has 0 aromatic heterocycles. The topological polar surface area (TPSA) is 29.5 Å². The van der Waals surface area contributed by atoms with Crippen LogP contribution in [0.1, 0.15) is 58.6 Å². The first kappa shape index (κ1) is 24.5. The molecule has 0 unspecified atom stereocenters. The van der Waals surface area contributed by atoms with Crippen molar-refractivity contribution in [2.45, 2.75) is 72.2 Å². The second-order valence-corrected chi connectivity index (χ2v) is 11.6. The Balaban J connectivity index is 1.66. The van der Waals surface area contributed by atoms with Gasteiger partial charge < -0.3 is 4.74 Å². The lowest BCUT2D eigenvalue weighted by Crippen LogP contribution is -2.38. The Morgan fingerprint density at radius 1 is 0.806 bits per heavy atom. The Bertz CT molecular complexity index is 1330. The van der Waals surface area contributed by atoms with E-state index >= 15 is 0 Å². The van der Waals surface area contributed by atoms with E-state index in [1.165, 1.54) is 43.8 Å². The largest absolute Gasteiger partial charge is 0.460 e. The van der Waals surface area contributed by atoms with Crippen LogP contribution in [0.4, 0.5) is 0 Å². The smallest absolute Gasteiger partial charge is 0.307 e. The van der Waals surface area contributed by atoms with Gasteiger partial charge in [-0.3, -0.25) is 9.69 Å². The Morgan fingerprint density at radius 3 is 1.78 bits per heavy atom. The van der Waals surface area contributed by atoms with Crippen molar-refractivity contribution in [3.8, 4) is 11.1 Å². The fraction of sp³-hybridized carbons (Fsp3) is 0.364. The van der Waals surface area contributed by atoms with Crippen LogP contribution in [0.2, 0.25) is 0 Å². The van der Waals surface area contributed by atoms with Gasteiger partial charge in [-0.1, -0.05) is 86.6 Å². The van der Waals surface area contributed by atoms with Crippen molar-refractivity contribution in [2.75, 3.05) is 0 Å². The molecule has 4 aromatic rings. The Kier molecular flexibility index (Phi) is 6.61. The van der Waals surface area contributed by atoms with E-state index in [4.69, 9.17) is 4.74 Å². The highest BCUT2D eigenvalue weighted by atomic mass is 16.6. The summed E-state index contributed by atoms with van der Waals surface area (Å²) in [4.78, 5) is 15.5. The number of carbonyl (C=O) groups excluding carboxylic acids is 1. The van der Waals surface area contributed by atoms with Gasteiger partial charge in [0.25, 0.3) is 0 Å². The van der Waals surface area contributed by atoms with Gasteiger partial charge in [-0.15, -0.1) is 0 Å². The highest BCUT2D eigenvalue weighted by Gasteiger charge is 2.30. The van der Waals surface area contributed by atoms with E-state index < -0.39 is 5.60 Å². The van der Waals surface area contributed by atoms with Crippen LogP contribution in [0, 0.1) is 5.92 Å². The average molecular weight is 480 g/mol. The summed E-state index contributed by atoms with van der Waals surface area (Å²) in [6, 6.07) is 26.6. The number of hydrogen-bond donors (Lipinski definition) is 0. The van der Waals surface area contributed by atoms with Crippen LogP contribution in [0.5, 0.6) is 0 Å². The van der Waals surface area contributed by atoms with Crippen molar-refractivity contribution in [1.29, 1.82) is 0 Å². The molecule has 0 aliphatic carbocycles. The normalized spacial score (nSPS) is 14.9. The molecule has 0 fully saturated rings. The number of nitrogens with zero attached hydrogens (tertiary/aromatic N) is 1. The van der Waals surface area contributed by atoms with Crippen LogP contribution in [-0.2, 0) is 22.6 Å². The van der Waals surface area contributed by atoms with Gasteiger partial charge in [0.15, 0.2) is 0 Å². The van der Waals surface area contributed by atoms with Gasteiger partial charge in [-0.2, -0.15) is 0 Å². The van der Waals surface area contributed by atoms with Gasteiger partial charge in [0.2, 0.25) is 0 Å². The third kappa shape index (κ3) is 5.03. The molecule has 1 aliphatic rings. The Morgan fingerprint density at radius 2 is 1.31 bits per heavy atom. The van der Waals surface area contributed by atoms with E-state index in [0.717, 1.165) is 19.5 Å². The molecular weight excluding hydrogens is 442 g/mol. The molecule has 1 heterocycles. The highest BCUT2D eigenvalue weighted by Crippen LogP contribution is 2.42. The lowest BCUT2D eigenvalue weighted by Gasteiger charge is -2.33. The summed E-state index contributed by atoms with van der Waals surface area (Å²) in [6.45, 7) is 11.9. The predicted octanol–water partition coefficient (Wildman–Crippen LogP) is 8.12. The van der Waals surface area contributed by atoms with Crippen LogP contribution in [-0.4, -0.2) is 22.5 Å². The van der Waals surface area contributed by atoms with E-state index in [0.29, 0.717) is 12.3 Å². The molecule has 0 saturated carbocycles. The van der Waals surface area contributed by atoms with Gasteiger partial charge in [-0.25, -0.2) is 0 Å². The van der Waals surface area contributed by atoms with Crippen LogP contribution >= 0.6 is 0 Å². The molecule has 5 rings (SSSR count). The van der Waals surface area contributed by atoms with Crippen molar-refractivity contribution in [3.63, 3.8) is 0 Å². The van der Waals surface area contributed by atoms with E-state index in [9.17, 15) is 4.79 Å². The van der Waals surface area contributed by atoms with E-state index in [-0.39, 0.29) is 12.0 Å². The maximum Gasteiger partial charge on any atom is 0.307 e. The van der Waals surface area contributed by atoms with Crippen molar-refractivity contribution in [1.82, 2.24) is 4.90 Å². The summed E-state index contributed by atoms with van der Waals surface area (Å²) >= 11 is 0. The van der Waals surface area contributed by atoms with Crippen LogP contribution in [0.25, 0.3) is 32.7 Å². The molecule has 4 aromatic carbocycles. The maximum absolute atomic E-state index is 13.0. The first-order valence-electron chi connectivity index (χ1n) is 13.2. The fourth-order valence-corrected chi connectivity index (χ4v) is 5.72. The first-order valence-corrected chi connectivity index (χ1v) is 13.2. The standard InChI is InChI=1S/C33H37NO2/c1-22(2)18-27(19-30(35)36-33(3,4)5)34-20-25-16-14-23-10-6-8-12-28(23)31(25)32-26(21-34)17-15-24-11-7-9-13-29(24)32/h6-17,22,27H,18-21H2,1-5H3/t27-/m1/s1. The second kappa shape index (κ2) is 9.71. The molecule has 0 radical (unpaired) electrons. The second-order valence-electron chi connectivity index (χ2n) is 11.6. The lowest BCUT2D eigenvalue weighted by atomic mass is 9.88. The van der Waals surface area contributed by atoms with Crippen molar-refractivity contribution >= 4 is 27.5 Å². The van der Waals surface area contributed by atoms with Gasteiger partial charge in [0.05, 0.1) is 6.42 Å². The molecule has 0 spiro atoms. The maximum atomic E-state index is 13.0. The molecule has 1 atom stereocenters. The van der Waals surface area contributed by atoms with E-state index in [1.807, 2.05) is 20.8 Å². The Labute approximate surface area is 215 Å². The molecular formula is C33H37NO2. The quantitative estimate of drug-likeness (QED) is 0.271. The highest BCUT2D eigenvalue weighted by molar-refractivity contribution is 6.08. The zero-order valence-electron chi connectivity index (χ0n) is 22.2. The van der Waals surface area contributed by atoms with Gasteiger partial charge in [0.1, 0.15) is 5.60 Å². The molecule has 0 bridgehead atoms. The number of hydrogen-bond acceptors (Lipinski definition) is 3. The summed E-state index contributed by atoms with van der Waals surface area (Å²) in [6.07, 6.45) is 1.35. The number of carbonyl (C=O) groups is 1. The zero-order valence-corrected chi connectivity index (χ0v) is 22.2. The zero-order chi connectivity index (χ0) is 25.4. The molecule has 1 aliphatic heterocycles. The Hall–Kier alpha value is -3.17. The van der Waals surface area contributed by atoms with E-state index in [1.54, 1.807) is 0 Å². The minimum Gasteiger partial charge on any atom is -0.460 e. The van der Waals surface area contributed by atoms with Crippen LogP contribution < -0.4 is 0 Å². The summed E-state index contributed by atoms with van der Waals surface area (Å²) < 4.78 is 5.76. The predicted molar refractivity (Wildman–Crippen MR) is 150 cm³/mol. The van der Waals surface area contributed by atoms with Crippen LogP contribution in [0.15, 0.2) is 72.8 Å². The number of esters is 1. The lowest BCUT2D eigenvalue weighted by molar-refractivity contribution is -0.156. The summed E-state index contributed by atoms with van der Waals surface area (Å²) in [7, 11) is 0. The molecule has 0 amide bonds. The molecule has 0 N–H and O–H groups in total. The number of rotatable bonds is 5. The van der Waals surface area contributed by atoms with Gasteiger partial charge in [0, 0.05) is 19.1 Å². The molecule has 36 heavy (non-hydrogen) atoms. The number of fused-ring (bicyclic) bond motifs is 7. The molecule has 3 heteroatoms. The monoisotopic (exact) mass is 479 g/mol. The number of ether oxygens (including phenoxy) is 1. The van der Waals surface area contributed by atoms with Crippen molar-refractivity contribution in [3.05, 3.63) is 83.9 Å². The number of benzene rings is 4. The summed E-state index contributed by atoms with van der Waals surface area (Å²) in [5.41, 5.74) is 4.84. The average Bonchev–Trinajstić information content (AvgIpc) is 2.99. The minimum absolute atomic E-state index is 0.108. The van der Waals surface area contributed by atoms with E-state index in [2.05, 4.69) is 91.5 Å². The van der Waals surface area contributed by atoms with Gasteiger partial charge in [-0.05, 0) is 76.9 Å². The minimum atomic E-state index is -0.477. The summed E-state index contributed by atoms with van der Waals surface area (Å²) in [5, 5.41) is 5.11. The van der Waals surface area contributed by atoms with Crippen molar-refractivity contribution in [2.24, 2.45) is 5.92 Å². The molecule has 3 nitrogen and oxygen atoms in total. The summed E-state index contributed by atoms with van der Waals surface area (Å²) in [5.74, 6) is 0.364. The molecule has 0 saturated heterocycles. The van der Waals surface area contributed by atoms with Crippen LogP contribution in [0.3, 0.4) is 0 Å². The third-order valence-electron chi connectivity index (χ3n) is 7.11. The molecule has 186 valence electrons. The third-order valence-corrected chi connectivity index (χ3v) is 7.11. The van der Waals surface area contributed by atoms with Crippen molar-refractivity contribution < 1.29 is 9.53 Å². The van der Waals surface area contributed by atoms with Gasteiger partial charge >= 0.3 is 5.97 Å².